The molecule has 0 aliphatic heterocycles. The molecule has 24 heavy (non-hydrogen) atoms. The molecule has 0 radical (unpaired) electrons. The highest BCUT2D eigenvalue weighted by molar-refractivity contribution is 5.91. The van der Waals surface area contributed by atoms with E-state index in [1.165, 1.54) is 11.1 Å². The van der Waals surface area contributed by atoms with Crippen molar-refractivity contribution >= 4 is 22.5 Å². The Bertz CT molecular complexity index is 883. The number of anilines is 1. The summed E-state index contributed by atoms with van der Waals surface area (Å²) < 4.78 is 7.05. The molecule has 3 aromatic rings. The molecule has 0 fully saturated rings. The summed E-state index contributed by atoms with van der Waals surface area (Å²) in [5.41, 5.74) is 4.21. The normalized spacial score (nSPS) is 10.8. The van der Waals surface area contributed by atoms with E-state index in [1.807, 2.05) is 48.0 Å². The highest BCUT2D eigenvalue weighted by Gasteiger charge is 2.08. The van der Waals surface area contributed by atoms with E-state index in [1.54, 1.807) is 13.3 Å². The molecule has 0 saturated heterocycles. The number of fused-ring (bicyclic) bond motifs is 1. The lowest BCUT2D eigenvalue weighted by atomic mass is 10.1. The molecule has 124 valence electrons. The molecule has 0 saturated carbocycles. The van der Waals surface area contributed by atoms with Crippen LogP contribution in [-0.2, 0) is 11.3 Å². The van der Waals surface area contributed by atoms with Crippen LogP contribution in [0.4, 0.5) is 5.69 Å². The molecule has 3 rings (SSSR count). The highest BCUT2D eigenvalue weighted by Crippen LogP contribution is 2.20. The third kappa shape index (κ3) is 3.40. The van der Waals surface area contributed by atoms with Crippen molar-refractivity contribution in [3.05, 3.63) is 53.7 Å². The molecule has 0 unspecified atom stereocenters. The molecule has 0 atom stereocenters. The molecule has 1 aromatic heterocycles. The Morgan fingerprint density at radius 3 is 2.75 bits per heavy atom. The van der Waals surface area contributed by atoms with Gasteiger partial charge in [0.25, 0.3) is 0 Å². The number of ether oxygens (including phenoxy) is 1. The molecule has 1 amide bonds. The van der Waals surface area contributed by atoms with E-state index >= 15 is 0 Å². The van der Waals surface area contributed by atoms with Crippen molar-refractivity contribution in [2.24, 2.45) is 0 Å². The number of rotatable bonds is 5. The summed E-state index contributed by atoms with van der Waals surface area (Å²) in [6.45, 7) is 4.63. The van der Waals surface area contributed by atoms with Crippen molar-refractivity contribution in [1.82, 2.24) is 9.78 Å². The lowest BCUT2D eigenvalue weighted by Gasteiger charge is -2.08. The van der Waals surface area contributed by atoms with Gasteiger partial charge in [-0.3, -0.25) is 9.48 Å². The fourth-order valence-corrected chi connectivity index (χ4v) is 2.62. The molecule has 0 aliphatic carbocycles. The van der Waals surface area contributed by atoms with Crippen molar-refractivity contribution in [3.8, 4) is 5.75 Å². The minimum absolute atomic E-state index is 0.0181. The summed E-state index contributed by atoms with van der Waals surface area (Å²) in [7, 11) is 1.64. The van der Waals surface area contributed by atoms with E-state index in [9.17, 15) is 4.79 Å². The van der Waals surface area contributed by atoms with Crippen LogP contribution in [0.5, 0.6) is 5.75 Å². The van der Waals surface area contributed by atoms with Gasteiger partial charge in [0.15, 0.2) is 0 Å². The number of nitrogens with zero attached hydrogens (tertiary/aromatic N) is 2. The topological polar surface area (TPSA) is 56.2 Å². The van der Waals surface area contributed by atoms with E-state index in [-0.39, 0.29) is 5.91 Å². The molecule has 5 heteroatoms. The van der Waals surface area contributed by atoms with E-state index in [4.69, 9.17) is 4.74 Å². The third-order valence-electron chi connectivity index (χ3n) is 4.19. The van der Waals surface area contributed by atoms with Crippen LogP contribution in [0.15, 0.2) is 42.6 Å². The Balaban J connectivity index is 1.64. The van der Waals surface area contributed by atoms with Gasteiger partial charge in [-0.05, 0) is 55.3 Å². The maximum absolute atomic E-state index is 12.2. The number of aryl methyl sites for hydroxylation is 3. The molecule has 5 nitrogen and oxygen atoms in total. The van der Waals surface area contributed by atoms with Gasteiger partial charge in [-0.15, -0.1) is 0 Å². The second-order valence-electron chi connectivity index (χ2n) is 5.89. The van der Waals surface area contributed by atoms with Crippen molar-refractivity contribution in [2.45, 2.75) is 26.8 Å². The van der Waals surface area contributed by atoms with Crippen LogP contribution in [0.2, 0.25) is 0 Å². The number of carbonyl (C=O) groups is 1. The first kappa shape index (κ1) is 16.1. The maximum Gasteiger partial charge on any atom is 0.226 e. The molecule has 0 aliphatic rings. The Hall–Kier alpha value is -2.82. The number of hydrogen-bond donors (Lipinski definition) is 1. The zero-order valence-electron chi connectivity index (χ0n) is 14.2. The number of methoxy groups -OCH3 is 1. The fraction of sp³-hybridized carbons (Fsp3) is 0.263. The average Bonchev–Trinajstić information content (AvgIpc) is 2.98. The van der Waals surface area contributed by atoms with Crippen LogP contribution in [0, 0.1) is 13.8 Å². The van der Waals surface area contributed by atoms with Crippen LogP contribution in [0.25, 0.3) is 10.9 Å². The molecule has 2 aromatic carbocycles. The average molecular weight is 323 g/mol. The summed E-state index contributed by atoms with van der Waals surface area (Å²) in [4.78, 5) is 12.2. The lowest BCUT2D eigenvalue weighted by Crippen LogP contribution is -2.15. The van der Waals surface area contributed by atoms with Gasteiger partial charge in [0, 0.05) is 17.5 Å². The molecule has 0 spiro atoms. The van der Waals surface area contributed by atoms with Gasteiger partial charge in [-0.1, -0.05) is 6.07 Å². The smallest absolute Gasteiger partial charge is 0.226 e. The van der Waals surface area contributed by atoms with Crippen LogP contribution in [0.1, 0.15) is 17.5 Å². The van der Waals surface area contributed by atoms with Crippen LogP contribution < -0.4 is 10.1 Å². The largest absolute Gasteiger partial charge is 0.497 e. The minimum atomic E-state index is -0.0181. The predicted molar refractivity (Wildman–Crippen MR) is 95.4 cm³/mol. The number of aromatic nitrogens is 2. The second-order valence-corrected chi connectivity index (χ2v) is 5.89. The highest BCUT2D eigenvalue weighted by atomic mass is 16.5. The van der Waals surface area contributed by atoms with Gasteiger partial charge < -0.3 is 10.1 Å². The Morgan fingerprint density at radius 2 is 2.00 bits per heavy atom. The van der Waals surface area contributed by atoms with Gasteiger partial charge in [0.05, 0.1) is 25.4 Å². The van der Waals surface area contributed by atoms with E-state index in [0.29, 0.717) is 13.0 Å². The lowest BCUT2D eigenvalue weighted by molar-refractivity contribution is -0.116. The maximum atomic E-state index is 12.2. The first-order valence-electron chi connectivity index (χ1n) is 7.93. The summed E-state index contributed by atoms with van der Waals surface area (Å²) in [5.74, 6) is 0.782. The number of amides is 1. The van der Waals surface area contributed by atoms with Gasteiger partial charge in [0.1, 0.15) is 5.75 Å². The Morgan fingerprint density at radius 1 is 1.17 bits per heavy atom. The Kier molecular flexibility index (Phi) is 4.51. The van der Waals surface area contributed by atoms with Gasteiger partial charge in [-0.25, -0.2) is 0 Å². The van der Waals surface area contributed by atoms with Gasteiger partial charge in [0.2, 0.25) is 5.91 Å². The summed E-state index contributed by atoms with van der Waals surface area (Å²) >= 11 is 0. The molecular weight excluding hydrogens is 302 g/mol. The summed E-state index contributed by atoms with van der Waals surface area (Å²) in [5, 5.41) is 8.30. The van der Waals surface area contributed by atoms with E-state index < -0.39 is 0 Å². The standard InChI is InChI=1S/C19H21N3O2/c1-13-4-5-16(10-14(13)2)21-19(23)8-9-22-18-7-6-17(24-3)11-15(18)12-20-22/h4-7,10-12H,8-9H2,1-3H3,(H,21,23). The second kappa shape index (κ2) is 6.74. The van der Waals surface area contributed by atoms with Gasteiger partial charge in [-0.2, -0.15) is 5.10 Å². The van der Waals surface area contributed by atoms with Crippen molar-refractivity contribution in [1.29, 1.82) is 0 Å². The first-order valence-corrected chi connectivity index (χ1v) is 7.93. The number of hydrogen-bond acceptors (Lipinski definition) is 3. The molecular formula is C19H21N3O2. The first-order chi connectivity index (χ1) is 11.6. The van der Waals surface area contributed by atoms with Gasteiger partial charge >= 0.3 is 0 Å². The van der Waals surface area contributed by atoms with Crippen molar-refractivity contribution < 1.29 is 9.53 Å². The van der Waals surface area contributed by atoms with Crippen molar-refractivity contribution in [2.75, 3.05) is 12.4 Å². The van der Waals surface area contributed by atoms with E-state index in [0.717, 1.165) is 22.3 Å². The zero-order chi connectivity index (χ0) is 17.1. The third-order valence-corrected chi connectivity index (χ3v) is 4.19. The molecule has 1 heterocycles. The monoisotopic (exact) mass is 323 g/mol. The minimum Gasteiger partial charge on any atom is -0.497 e. The summed E-state index contributed by atoms with van der Waals surface area (Å²) in [6, 6.07) is 11.7. The number of benzene rings is 2. The van der Waals surface area contributed by atoms with Crippen LogP contribution in [0.3, 0.4) is 0 Å². The zero-order valence-corrected chi connectivity index (χ0v) is 14.2. The van der Waals surface area contributed by atoms with Crippen LogP contribution in [-0.4, -0.2) is 22.8 Å². The molecule has 1 N–H and O–H groups in total. The van der Waals surface area contributed by atoms with Crippen LogP contribution >= 0.6 is 0 Å². The Labute approximate surface area is 141 Å². The fourth-order valence-electron chi connectivity index (χ4n) is 2.62. The van der Waals surface area contributed by atoms with E-state index in [2.05, 4.69) is 17.3 Å². The molecule has 0 bridgehead atoms. The quantitative estimate of drug-likeness (QED) is 0.779. The SMILES string of the molecule is COc1ccc2c(cnn2CCC(=O)Nc2ccc(C)c(C)c2)c1. The summed E-state index contributed by atoms with van der Waals surface area (Å²) in [6.07, 6.45) is 2.16. The van der Waals surface area contributed by atoms with Crippen molar-refractivity contribution in [3.63, 3.8) is 0 Å². The predicted octanol–water partition coefficient (Wildman–Crippen LogP) is 3.69. The number of carbonyl (C=O) groups excluding carboxylic acids is 1. The number of nitrogens with one attached hydrogen (secondary N) is 1.